The third kappa shape index (κ3) is 3.44. The van der Waals surface area contributed by atoms with E-state index in [2.05, 4.69) is 12.2 Å². The Labute approximate surface area is 92.5 Å². The van der Waals surface area contributed by atoms with Crippen molar-refractivity contribution in [2.45, 2.75) is 45.4 Å². The van der Waals surface area contributed by atoms with Gasteiger partial charge in [0.25, 0.3) is 0 Å². The molecule has 0 aromatic heterocycles. The average Bonchev–Trinajstić information content (AvgIpc) is 2.99. The molecule has 1 heterocycles. The SMILES string of the molecule is CC(CNC1COC(C)(C)OC1)C1CC1. The van der Waals surface area contributed by atoms with Gasteiger partial charge in [-0.15, -0.1) is 0 Å². The number of rotatable bonds is 4. The largest absolute Gasteiger partial charge is 0.349 e. The number of hydrogen-bond acceptors (Lipinski definition) is 3. The van der Waals surface area contributed by atoms with E-state index in [0.717, 1.165) is 31.6 Å². The minimum Gasteiger partial charge on any atom is -0.349 e. The van der Waals surface area contributed by atoms with Crippen LogP contribution < -0.4 is 5.32 Å². The first-order valence-corrected chi connectivity index (χ1v) is 6.08. The van der Waals surface area contributed by atoms with Crippen LogP contribution in [0.1, 0.15) is 33.6 Å². The van der Waals surface area contributed by atoms with Gasteiger partial charge in [0.05, 0.1) is 19.3 Å². The van der Waals surface area contributed by atoms with E-state index in [-0.39, 0.29) is 5.79 Å². The summed E-state index contributed by atoms with van der Waals surface area (Å²) in [6, 6.07) is 0.374. The molecular weight excluding hydrogens is 190 g/mol. The molecule has 1 saturated heterocycles. The van der Waals surface area contributed by atoms with Crippen LogP contribution in [0.25, 0.3) is 0 Å². The quantitative estimate of drug-likeness (QED) is 0.772. The monoisotopic (exact) mass is 213 g/mol. The van der Waals surface area contributed by atoms with E-state index < -0.39 is 0 Å². The zero-order chi connectivity index (χ0) is 10.9. The van der Waals surface area contributed by atoms with Crippen LogP contribution in [0.3, 0.4) is 0 Å². The van der Waals surface area contributed by atoms with Crippen LogP contribution in [0, 0.1) is 11.8 Å². The lowest BCUT2D eigenvalue weighted by Gasteiger charge is -2.35. The van der Waals surface area contributed by atoms with Crippen molar-refractivity contribution in [3.05, 3.63) is 0 Å². The van der Waals surface area contributed by atoms with Crippen LogP contribution in [0.2, 0.25) is 0 Å². The van der Waals surface area contributed by atoms with E-state index in [1.54, 1.807) is 0 Å². The van der Waals surface area contributed by atoms with E-state index in [1.807, 2.05) is 13.8 Å². The third-order valence-corrected chi connectivity index (χ3v) is 3.42. The molecule has 1 atom stereocenters. The van der Waals surface area contributed by atoms with Crippen molar-refractivity contribution < 1.29 is 9.47 Å². The molecule has 1 unspecified atom stereocenters. The molecule has 0 aromatic rings. The molecule has 0 amide bonds. The maximum absolute atomic E-state index is 5.60. The zero-order valence-corrected chi connectivity index (χ0v) is 10.1. The lowest BCUT2D eigenvalue weighted by molar-refractivity contribution is -0.253. The van der Waals surface area contributed by atoms with Gasteiger partial charge < -0.3 is 14.8 Å². The highest BCUT2D eigenvalue weighted by Crippen LogP contribution is 2.36. The van der Waals surface area contributed by atoms with Gasteiger partial charge in [-0.2, -0.15) is 0 Å². The topological polar surface area (TPSA) is 30.5 Å². The molecule has 0 aromatic carbocycles. The summed E-state index contributed by atoms with van der Waals surface area (Å²) in [5.74, 6) is 1.39. The standard InChI is InChI=1S/C12H23NO2/c1-9(10-4-5-10)6-13-11-7-14-12(2,3)15-8-11/h9-11,13H,4-8H2,1-3H3. The van der Waals surface area contributed by atoms with Gasteiger partial charge in [-0.1, -0.05) is 6.92 Å². The van der Waals surface area contributed by atoms with Gasteiger partial charge in [-0.25, -0.2) is 0 Å². The molecule has 0 radical (unpaired) electrons. The molecular formula is C12H23NO2. The molecule has 3 heteroatoms. The summed E-state index contributed by atoms with van der Waals surface area (Å²) in [6.45, 7) is 8.91. The van der Waals surface area contributed by atoms with E-state index in [0.29, 0.717) is 6.04 Å². The van der Waals surface area contributed by atoms with Crippen LogP contribution in [0.4, 0.5) is 0 Å². The Hall–Kier alpha value is -0.120. The number of nitrogens with one attached hydrogen (secondary N) is 1. The molecule has 1 aliphatic carbocycles. The predicted octanol–water partition coefficient (Wildman–Crippen LogP) is 1.77. The van der Waals surface area contributed by atoms with E-state index in [4.69, 9.17) is 9.47 Å². The normalized spacial score (nSPS) is 29.0. The van der Waals surface area contributed by atoms with Gasteiger partial charge in [-0.3, -0.25) is 0 Å². The first-order valence-electron chi connectivity index (χ1n) is 6.08. The Morgan fingerprint density at radius 3 is 2.40 bits per heavy atom. The van der Waals surface area contributed by atoms with Gasteiger partial charge >= 0.3 is 0 Å². The molecule has 2 fully saturated rings. The Bertz CT molecular complexity index is 204. The van der Waals surface area contributed by atoms with Crippen LogP contribution in [0.5, 0.6) is 0 Å². The summed E-state index contributed by atoms with van der Waals surface area (Å²) < 4.78 is 11.2. The summed E-state index contributed by atoms with van der Waals surface area (Å²) >= 11 is 0. The van der Waals surface area contributed by atoms with Crippen molar-refractivity contribution in [3.63, 3.8) is 0 Å². The Kier molecular flexibility index (Phi) is 3.33. The fourth-order valence-electron chi connectivity index (χ4n) is 1.99. The molecule has 0 bridgehead atoms. The summed E-state index contributed by atoms with van der Waals surface area (Å²) in [5.41, 5.74) is 0. The summed E-state index contributed by atoms with van der Waals surface area (Å²) in [4.78, 5) is 0. The highest BCUT2D eigenvalue weighted by atomic mass is 16.7. The molecule has 2 aliphatic rings. The second-order valence-corrected chi connectivity index (χ2v) is 5.44. The lowest BCUT2D eigenvalue weighted by Crippen LogP contribution is -2.49. The summed E-state index contributed by atoms with van der Waals surface area (Å²) in [5, 5.41) is 3.53. The van der Waals surface area contributed by atoms with Crippen molar-refractivity contribution >= 4 is 0 Å². The van der Waals surface area contributed by atoms with Crippen LogP contribution in [-0.2, 0) is 9.47 Å². The first-order chi connectivity index (χ1) is 7.07. The third-order valence-electron chi connectivity index (χ3n) is 3.42. The summed E-state index contributed by atoms with van der Waals surface area (Å²) in [6.07, 6.45) is 2.85. The van der Waals surface area contributed by atoms with Crippen LogP contribution in [0.15, 0.2) is 0 Å². The van der Waals surface area contributed by atoms with E-state index in [9.17, 15) is 0 Å². The van der Waals surface area contributed by atoms with Crippen molar-refractivity contribution in [3.8, 4) is 0 Å². The molecule has 3 nitrogen and oxygen atoms in total. The molecule has 1 saturated carbocycles. The van der Waals surface area contributed by atoms with Gasteiger partial charge in [0.2, 0.25) is 0 Å². The van der Waals surface area contributed by atoms with E-state index >= 15 is 0 Å². The van der Waals surface area contributed by atoms with E-state index in [1.165, 1.54) is 12.8 Å². The van der Waals surface area contributed by atoms with Gasteiger partial charge in [0, 0.05) is 0 Å². The second kappa shape index (κ2) is 4.40. The lowest BCUT2D eigenvalue weighted by atomic mass is 10.1. The van der Waals surface area contributed by atoms with Crippen molar-refractivity contribution in [2.75, 3.05) is 19.8 Å². The van der Waals surface area contributed by atoms with Crippen LogP contribution in [-0.4, -0.2) is 31.6 Å². The maximum atomic E-state index is 5.60. The average molecular weight is 213 g/mol. The Morgan fingerprint density at radius 1 is 1.27 bits per heavy atom. The highest BCUT2D eigenvalue weighted by molar-refractivity contribution is 4.82. The zero-order valence-electron chi connectivity index (χ0n) is 10.1. The fraction of sp³-hybridized carbons (Fsp3) is 1.00. The first kappa shape index (κ1) is 11.4. The Morgan fingerprint density at radius 2 is 1.87 bits per heavy atom. The van der Waals surface area contributed by atoms with Crippen molar-refractivity contribution in [1.82, 2.24) is 5.32 Å². The van der Waals surface area contributed by atoms with Gasteiger partial charge in [0.1, 0.15) is 0 Å². The number of ether oxygens (including phenoxy) is 2. The molecule has 15 heavy (non-hydrogen) atoms. The smallest absolute Gasteiger partial charge is 0.162 e. The molecule has 0 spiro atoms. The van der Waals surface area contributed by atoms with Gasteiger partial charge in [0.15, 0.2) is 5.79 Å². The van der Waals surface area contributed by atoms with Crippen molar-refractivity contribution in [2.24, 2.45) is 11.8 Å². The predicted molar refractivity (Wildman–Crippen MR) is 59.7 cm³/mol. The van der Waals surface area contributed by atoms with Gasteiger partial charge in [-0.05, 0) is 45.1 Å². The minimum absolute atomic E-state index is 0.374. The summed E-state index contributed by atoms with van der Waals surface area (Å²) in [7, 11) is 0. The Balaban J connectivity index is 1.63. The van der Waals surface area contributed by atoms with Crippen molar-refractivity contribution in [1.29, 1.82) is 0 Å². The van der Waals surface area contributed by atoms with Crippen LogP contribution >= 0.6 is 0 Å². The number of hydrogen-bond donors (Lipinski definition) is 1. The minimum atomic E-state index is -0.389. The molecule has 2 rings (SSSR count). The fourth-order valence-corrected chi connectivity index (χ4v) is 1.99. The highest BCUT2D eigenvalue weighted by Gasteiger charge is 2.30. The molecule has 1 N–H and O–H groups in total. The molecule has 1 aliphatic heterocycles. The molecule has 88 valence electrons. The second-order valence-electron chi connectivity index (χ2n) is 5.44. The maximum Gasteiger partial charge on any atom is 0.162 e.